The molecule has 2 amide bonds. The van der Waals surface area contributed by atoms with E-state index in [4.69, 9.17) is 4.74 Å². The summed E-state index contributed by atoms with van der Waals surface area (Å²) in [6.07, 6.45) is 1.31. The Bertz CT molecular complexity index is 820. The highest BCUT2D eigenvalue weighted by molar-refractivity contribution is 5.95. The van der Waals surface area contributed by atoms with Gasteiger partial charge in [0.05, 0.1) is 13.7 Å². The van der Waals surface area contributed by atoms with Crippen LogP contribution in [0.5, 0.6) is 5.75 Å². The van der Waals surface area contributed by atoms with Crippen molar-refractivity contribution in [2.45, 2.75) is 19.8 Å². The van der Waals surface area contributed by atoms with Gasteiger partial charge < -0.3 is 15.0 Å². The Labute approximate surface area is 166 Å². The molecular weight excluding hydrogens is 354 g/mol. The Hall–Kier alpha value is -2.86. The topological polar surface area (TPSA) is 61.9 Å². The number of para-hydroxylation sites is 1. The van der Waals surface area contributed by atoms with Gasteiger partial charge in [-0.15, -0.1) is 0 Å². The van der Waals surface area contributed by atoms with Crippen LogP contribution in [0.25, 0.3) is 0 Å². The molecule has 0 atom stereocenters. The van der Waals surface area contributed by atoms with Gasteiger partial charge in [0.1, 0.15) is 5.75 Å². The van der Waals surface area contributed by atoms with E-state index in [-0.39, 0.29) is 18.4 Å². The number of benzene rings is 2. The van der Waals surface area contributed by atoms with Crippen molar-refractivity contribution in [3.05, 3.63) is 54.1 Å². The third-order valence-corrected chi connectivity index (χ3v) is 5.02. The fourth-order valence-corrected chi connectivity index (χ4v) is 3.41. The number of likely N-dealkylation sites (N-methyl/N-ethyl adjacent to an activating group) is 1. The van der Waals surface area contributed by atoms with Crippen LogP contribution in [0.15, 0.2) is 48.5 Å². The normalized spacial score (nSPS) is 12.8. The number of methoxy groups -OCH3 is 1. The summed E-state index contributed by atoms with van der Waals surface area (Å²) in [4.78, 5) is 28.8. The maximum Gasteiger partial charge on any atom is 0.238 e. The summed E-state index contributed by atoms with van der Waals surface area (Å²) in [5.41, 5.74) is 2.97. The van der Waals surface area contributed by atoms with E-state index in [0.29, 0.717) is 19.5 Å². The molecule has 0 aliphatic carbocycles. The molecule has 1 aliphatic rings. The highest BCUT2D eigenvalue weighted by atomic mass is 16.5. The molecule has 2 aromatic rings. The molecule has 0 saturated carbocycles. The summed E-state index contributed by atoms with van der Waals surface area (Å²) in [7, 11) is 1.61. The summed E-state index contributed by atoms with van der Waals surface area (Å²) in [5.74, 6) is 0.764. The van der Waals surface area contributed by atoms with Crippen molar-refractivity contribution in [2.24, 2.45) is 0 Å². The highest BCUT2D eigenvalue weighted by Gasteiger charge is 2.24. The zero-order valence-electron chi connectivity index (χ0n) is 16.5. The van der Waals surface area contributed by atoms with Crippen LogP contribution < -0.4 is 15.0 Å². The zero-order chi connectivity index (χ0) is 19.9. The molecule has 0 fully saturated rings. The molecule has 2 aromatic carbocycles. The molecule has 0 bridgehead atoms. The van der Waals surface area contributed by atoms with Gasteiger partial charge in [-0.05, 0) is 48.9 Å². The number of hydrogen-bond donors (Lipinski definition) is 1. The molecule has 0 aromatic heterocycles. The first-order valence-corrected chi connectivity index (χ1v) is 9.65. The smallest absolute Gasteiger partial charge is 0.238 e. The average molecular weight is 381 g/mol. The van der Waals surface area contributed by atoms with Gasteiger partial charge in [0.2, 0.25) is 11.8 Å². The molecule has 1 N–H and O–H groups in total. The third kappa shape index (κ3) is 4.89. The van der Waals surface area contributed by atoms with Gasteiger partial charge in [-0.3, -0.25) is 14.5 Å². The van der Waals surface area contributed by atoms with Gasteiger partial charge in [0, 0.05) is 30.9 Å². The van der Waals surface area contributed by atoms with Crippen LogP contribution in [0.1, 0.15) is 18.9 Å². The maximum absolute atomic E-state index is 12.7. The lowest BCUT2D eigenvalue weighted by Gasteiger charge is -2.22. The van der Waals surface area contributed by atoms with E-state index >= 15 is 0 Å². The van der Waals surface area contributed by atoms with Crippen LogP contribution in [0.4, 0.5) is 11.4 Å². The highest BCUT2D eigenvalue weighted by Crippen LogP contribution is 2.27. The molecule has 6 heteroatoms. The molecule has 0 radical (unpaired) electrons. The van der Waals surface area contributed by atoms with Crippen molar-refractivity contribution in [1.82, 2.24) is 4.90 Å². The van der Waals surface area contributed by atoms with E-state index in [0.717, 1.165) is 30.1 Å². The molecule has 3 rings (SSSR count). The minimum atomic E-state index is -0.0917. The number of rotatable bonds is 8. The van der Waals surface area contributed by atoms with Crippen LogP contribution in [0, 0.1) is 0 Å². The number of carbonyl (C=O) groups excluding carboxylic acids is 2. The Morgan fingerprint density at radius 2 is 1.89 bits per heavy atom. The monoisotopic (exact) mass is 381 g/mol. The van der Waals surface area contributed by atoms with Crippen molar-refractivity contribution in [3.63, 3.8) is 0 Å². The largest absolute Gasteiger partial charge is 0.497 e. The van der Waals surface area contributed by atoms with Gasteiger partial charge in [-0.2, -0.15) is 0 Å². The van der Waals surface area contributed by atoms with Gasteiger partial charge in [-0.1, -0.05) is 25.1 Å². The number of ether oxygens (including phenoxy) is 1. The second-order valence-corrected chi connectivity index (χ2v) is 6.82. The molecule has 148 valence electrons. The van der Waals surface area contributed by atoms with Crippen molar-refractivity contribution in [1.29, 1.82) is 0 Å². The predicted octanol–water partition coefficient (Wildman–Crippen LogP) is 2.94. The van der Waals surface area contributed by atoms with E-state index < -0.39 is 0 Å². The molecule has 6 nitrogen and oxygen atoms in total. The quantitative estimate of drug-likeness (QED) is 0.764. The molecule has 1 aliphatic heterocycles. The van der Waals surface area contributed by atoms with E-state index in [9.17, 15) is 9.59 Å². The number of carbonyl (C=O) groups is 2. The number of nitrogens with zero attached hydrogens (tertiary/aromatic N) is 2. The molecule has 0 saturated heterocycles. The van der Waals surface area contributed by atoms with Gasteiger partial charge >= 0.3 is 0 Å². The lowest BCUT2D eigenvalue weighted by atomic mass is 10.2. The summed E-state index contributed by atoms with van der Waals surface area (Å²) < 4.78 is 5.12. The first-order chi connectivity index (χ1) is 13.6. The SMILES string of the molecule is CCN(CCC(=O)N1CCc2ccccc21)CC(=O)Nc1ccc(OC)cc1. The van der Waals surface area contributed by atoms with Gasteiger partial charge in [0.25, 0.3) is 0 Å². The fourth-order valence-electron chi connectivity index (χ4n) is 3.41. The number of nitrogens with one attached hydrogen (secondary N) is 1. The van der Waals surface area contributed by atoms with Crippen molar-refractivity contribution in [3.8, 4) is 5.75 Å². The lowest BCUT2D eigenvalue weighted by Crippen LogP contribution is -2.37. The van der Waals surface area contributed by atoms with E-state index in [1.54, 1.807) is 31.4 Å². The Kier molecular flexibility index (Phi) is 6.66. The number of fused-ring (bicyclic) bond motifs is 1. The van der Waals surface area contributed by atoms with Crippen LogP contribution in [-0.2, 0) is 16.0 Å². The van der Waals surface area contributed by atoms with Crippen LogP contribution in [0.2, 0.25) is 0 Å². The summed E-state index contributed by atoms with van der Waals surface area (Å²) in [5, 5.41) is 2.88. The molecule has 0 spiro atoms. The maximum atomic E-state index is 12.7. The fraction of sp³-hybridized carbons (Fsp3) is 0.364. The standard InChI is InChI=1S/C22H27N3O3/c1-3-24(16-21(26)23-18-8-10-19(28-2)11-9-18)14-13-22(27)25-15-12-17-6-4-5-7-20(17)25/h4-11H,3,12-16H2,1-2H3,(H,23,26). The van der Waals surface area contributed by atoms with Crippen molar-refractivity contribution < 1.29 is 14.3 Å². The lowest BCUT2D eigenvalue weighted by molar-refractivity contribution is -0.120. The Balaban J connectivity index is 1.48. The minimum Gasteiger partial charge on any atom is -0.497 e. The van der Waals surface area contributed by atoms with E-state index in [2.05, 4.69) is 11.4 Å². The van der Waals surface area contributed by atoms with Gasteiger partial charge in [-0.25, -0.2) is 0 Å². The third-order valence-electron chi connectivity index (χ3n) is 5.02. The van der Waals surface area contributed by atoms with Crippen LogP contribution >= 0.6 is 0 Å². The Morgan fingerprint density at radius 1 is 1.14 bits per heavy atom. The van der Waals surface area contributed by atoms with Crippen molar-refractivity contribution >= 4 is 23.2 Å². The van der Waals surface area contributed by atoms with E-state index in [1.165, 1.54) is 5.56 Å². The molecule has 0 unspecified atom stereocenters. The second-order valence-electron chi connectivity index (χ2n) is 6.82. The number of hydrogen-bond acceptors (Lipinski definition) is 4. The van der Waals surface area contributed by atoms with E-state index in [1.807, 2.05) is 34.9 Å². The summed E-state index contributed by atoms with van der Waals surface area (Å²) in [6.45, 7) is 4.26. The Morgan fingerprint density at radius 3 is 2.61 bits per heavy atom. The predicted molar refractivity (Wildman–Crippen MR) is 111 cm³/mol. The van der Waals surface area contributed by atoms with Crippen molar-refractivity contribution in [2.75, 3.05) is 43.5 Å². The second kappa shape index (κ2) is 9.37. The first kappa shape index (κ1) is 19.9. The summed E-state index contributed by atoms with van der Waals surface area (Å²) >= 11 is 0. The first-order valence-electron chi connectivity index (χ1n) is 9.65. The number of anilines is 2. The van der Waals surface area contributed by atoms with Crippen LogP contribution in [0.3, 0.4) is 0 Å². The molecular formula is C22H27N3O3. The van der Waals surface area contributed by atoms with Gasteiger partial charge in [0.15, 0.2) is 0 Å². The zero-order valence-corrected chi connectivity index (χ0v) is 16.5. The minimum absolute atomic E-state index is 0.0917. The average Bonchev–Trinajstić information content (AvgIpc) is 3.15. The molecule has 28 heavy (non-hydrogen) atoms. The van der Waals surface area contributed by atoms with Crippen LogP contribution in [-0.4, -0.2) is 50.0 Å². The molecule has 1 heterocycles. The summed E-state index contributed by atoms with van der Waals surface area (Å²) in [6, 6.07) is 15.3. The number of amides is 2.